The third-order valence-corrected chi connectivity index (χ3v) is 11.3. The van der Waals surface area contributed by atoms with Crippen LogP contribution in [0.2, 0.25) is 0 Å². The Morgan fingerprint density at radius 1 is 0.642 bits per heavy atom. The third-order valence-electron chi connectivity index (χ3n) is 11.3. The number of aliphatic hydroxyl groups excluding tert-OH is 1. The van der Waals surface area contributed by atoms with Crippen LogP contribution in [0, 0.1) is 0 Å². The van der Waals surface area contributed by atoms with Gasteiger partial charge in [-0.25, -0.2) is 9.59 Å². The van der Waals surface area contributed by atoms with Crippen molar-refractivity contribution in [3.8, 4) is 11.5 Å². The Balaban J connectivity index is 0.000000324. The third kappa shape index (κ3) is 17.3. The summed E-state index contributed by atoms with van der Waals surface area (Å²) in [5.41, 5.74) is 6.29. The summed E-state index contributed by atoms with van der Waals surface area (Å²) in [6, 6.07) is 31.3. The van der Waals surface area contributed by atoms with Gasteiger partial charge in [0, 0.05) is 121 Å². The summed E-state index contributed by atoms with van der Waals surface area (Å²) in [7, 11) is 10.8. The van der Waals surface area contributed by atoms with E-state index >= 15 is 0 Å². The van der Waals surface area contributed by atoms with Gasteiger partial charge >= 0.3 is 12.1 Å². The zero-order valence-corrected chi connectivity index (χ0v) is 40.9. The van der Waals surface area contributed by atoms with Gasteiger partial charge in [0.15, 0.2) is 0 Å². The second kappa shape index (κ2) is 27.6. The minimum atomic E-state index is -0.436. The molecule has 3 aliphatic rings. The monoisotopic (exact) mass is 931 g/mol. The first-order chi connectivity index (χ1) is 32.7. The molecule has 0 bridgehead atoms. The van der Waals surface area contributed by atoms with Gasteiger partial charge in [0.05, 0.1) is 32.2 Å². The van der Waals surface area contributed by atoms with Crippen LogP contribution in [0.25, 0.3) is 0 Å². The summed E-state index contributed by atoms with van der Waals surface area (Å²) < 4.78 is 18.6. The van der Waals surface area contributed by atoms with Gasteiger partial charge < -0.3 is 54.8 Å². The normalized spacial score (nSPS) is 15.9. The molecular formula is C51H80N10O6. The van der Waals surface area contributed by atoms with E-state index in [2.05, 4.69) is 66.3 Å². The van der Waals surface area contributed by atoms with Gasteiger partial charge in [-0.1, -0.05) is 21.3 Å². The quantitative estimate of drug-likeness (QED) is 0.0769. The lowest BCUT2D eigenvalue weighted by Gasteiger charge is -2.37. The molecule has 2 atom stereocenters. The van der Waals surface area contributed by atoms with E-state index in [9.17, 15) is 14.7 Å². The lowest BCUT2D eigenvalue weighted by atomic mass is 10.2. The number of aliphatic hydroxyl groups is 1. The van der Waals surface area contributed by atoms with E-state index in [1.54, 1.807) is 54.7 Å². The summed E-state index contributed by atoms with van der Waals surface area (Å²) >= 11 is 0. The number of urea groups is 2. The van der Waals surface area contributed by atoms with E-state index in [1.165, 1.54) is 0 Å². The molecule has 4 amide bonds. The molecule has 0 radical (unpaired) electrons. The summed E-state index contributed by atoms with van der Waals surface area (Å²) in [4.78, 5) is 43.1. The van der Waals surface area contributed by atoms with E-state index in [0.29, 0.717) is 37.5 Å². The molecule has 2 unspecified atom stereocenters. The van der Waals surface area contributed by atoms with Crippen molar-refractivity contribution >= 4 is 46.2 Å². The number of epoxide rings is 1. The molecule has 16 nitrogen and oxygen atoms in total. The molecule has 3 aliphatic heterocycles. The maximum atomic E-state index is 12.8. The Hall–Kier alpha value is -5.94. The summed E-state index contributed by atoms with van der Waals surface area (Å²) in [5.74, 6) is 1.09. The Morgan fingerprint density at radius 2 is 0.940 bits per heavy atom. The van der Waals surface area contributed by atoms with E-state index in [0.717, 1.165) is 93.1 Å². The van der Waals surface area contributed by atoms with E-state index in [-0.39, 0.29) is 19.5 Å². The van der Waals surface area contributed by atoms with Crippen LogP contribution in [0.3, 0.4) is 0 Å². The Kier molecular flexibility index (Phi) is 21.5. The highest BCUT2D eigenvalue weighted by Crippen LogP contribution is 2.27. The number of aromatic hydroxyl groups is 2. The largest absolute Gasteiger partial charge is 0.508 e. The van der Waals surface area contributed by atoms with Gasteiger partial charge in [-0.2, -0.15) is 0 Å². The number of phenols is 2. The summed E-state index contributed by atoms with van der Waals surface area (Å²) in [6.07, 6.45) is 0.148. The molecule has 16 heteroatoms. The molecule has 3 saturated heterocycles. The zero-order valence-electron chi connectivity index (χ0n) is 42.9. The fourth-order valence-electron chi connectivity index (χ4n) is 7.60. The number of likely N-dealkylation sites (N-methyl/N-ethyl adjacent to an activating group) is 1. The summed E-state index contributed by atoms with van der Waals surface area (Å²) in [5, 5.41) is 21.5. The van der Waals surface area contributed by atoms with Crippen LogP contribution < -0.4 is 34.7 Å². The van der Waals surface area contributed by atoms with Crippen molar-refractivity contribution in [3.05, 3.63) is 97.1 Å². The molecule has 3 fully saturated rings. The van der Waals surface area contributed by atoms with Crippen LogP contribution >= 0.6 is 0 Å². The zero-order chi connectivity index (χ0) is 49.8. The number of carbonyl (C=O) groups is 2. The predicted octanol–water partition coefficient (Wildman–Crippen LogP) is 6.93. The molecule has 0 saturated carbocycles. The van der Waals surface area contributed by atoms with Crippen molar-refractivity contribution in [2.24, 2.45) is 0 Å². The lowest BCUT2D eigenvalue weighted by molar-refractivity contribution is 0.113. The molecule has 67 heavy (non-hydrogen) atoms. The Bertz CT molecular complexity index is 2050. The average Bonchev–Trinajstić information content (AvgIpc) is 4.18. The Labute approximate surface area is 404 Å². The highest BCUT2D eigenvalue weighted by molar-refractivity contribution is 5.92. The van der Waals surface area contributed by atoms with Crippen LogP contribution in [0.4, 0.5) is 43.7 Å². The van der Waals surface area contributed by atoms with Crippen molar-refractivity contribution in [1.82, 2.24) is 20.0 Å². The van der Waals surface area contributed by atoms with Crippen LogP contribution in [0.1, 0.15) is 35.1 Å². The molecule has 3 heterocycles. The number of anilines is 6. The molecule has 0 aliphatic carbocycles. The molecule has 4 aromatic rings. The van der Waals surface area contributed by atoms with Gasteiger partial charge in [-0.05, 0) is 125 Å². The maximum Gasteiger partial charge on any atom is 0.324 e. The molecule has 0 spiro atoms. The number of carbonyl (C=O) groups excluding carboxylic acids is 2. The highest BCUT2D eigenvalue weighted by Gasteiger charge is 2.22. The molecule has 370 valence electrons. The Morgan fingerprint density at radius 3 is 1.21 bits per heavy atom. The first-order valence-corrected chi connectivity index (χ1v) is 23.0. The average molecular weight is 931 g/mol. The van der Waals surface area contributed by atoms with Gasteiger partial charge in [-0.3, -0.25) is 14.7 Å². The SMILES string of the molecule is C.CC.CC1CO1.[2H]Oc1ccc(N2CCN(c3ccc(N(C)C(=O)N(C)CN(C)CC(C)O)cc3)CC2)cc1.[2H]Oc1ccc(N2CCN(c3ccc(N(C)C(=O)N(C)CNC)cc3)CC2)cc1. The number of nitrogens with zero attached hydrogens (tertiary/aromatic N) is 9. The van der Waals surface area contributed by atoms with E-state index in [4.69, 9.17) is 7.60 Å². The van der Waals surface area contributed by atoms with Crippen molar-refractivity contribution < 1.29 is 29.7 Å². The number of amides is 4. The van der Waals surface area contributed by atoms with Crippen LogP contribution in [-0.4, -0.2) is 178 Å². The minimum Gasteiger partial charge on any atom is -0.508 e. The number of rotatable bonds is 14. The van der Waals surface area contributed by atoms with E-state index < -0.39 is 6.10 Å². The van der Waals surface area contributed by atoms with Crippen LogP contribution in [-0.2, 0) is 4.74 Å². The number of hydrogen-bond acceptors (Lipinski definition) is 12. The number of hydrogen-bond donors (Lipinski definition) is 4. The predicted molar refractivity (Wildman–Crippen MR) is 278 cm³/mol. The van der Waals surface area contributed by atoms with Gasteiger partial charge in [0.25, 0.3) is 2.86 Å². The molecule has 4 aromatic carbocycles. The number of ether oxygens (including phenoxy) is 1. The number of nitrogens with one attached hydrogen (secondary N) is 1. The van der Waals surface area contributed by atoms with Crippen LogP contribution in [0.15, 0.2) is 97.1 Å². The molecule has 7 rings (SSSR count). The van der Waals surface area contributed by atoms with Crippen molar-refractivity contribution in [2.75, 3.05) is 151 Å². The van der Waals surface area contributed by atoms with Crippen molar-refractivity contribution in [3.63, 3.8) is 0 Å². The molecular weight excluding hydrogens is 849 g/mol. The topological polar surface area (TPSA) is 149 Å². The lowest BCUT2D eigenvalue weighted by Crippen LogP contribution is -2.46. The van der Waals surface area contributed by atoms with Gasteiger partial charge in [0.1, 0.15) is 11.5 Å². The second-order valence-corrected chi connectivity index (χ2v) is 16.7. The highest BCUT2D eigenvalue weighted by atomic mass is 16.6. The minimum absolute atomic E-state index is 0. The van der Waals surface area contributed by atoms with Crippen LogP contribution in [0.5, 0.6) is 11.5 Å². The molecule has 0 aromatic heterocycles. The van der Waals surface area contributed by atoms with E-state index in [1.807, 2.05) is 106 Å². The van der Waals surface area contributed by atoms with Crippen molar-refractivity contribution in [2.45, 2.75) is 47.3 Å². The first-order valence-electron chi connectivity index (χ1n) is 23.8. The number of phenolic OH excluding ortho intramolecular Hbond substituents is 2. The summed E-state index contributed by atoms with van der Waals surface area (Å²) in [6.45, 7) is 17.6. The fraction of sp³-hybridized carbons (Fsp3) is 0.490. The first kappa shape index (κ1) is 52.0. The molecule has 4 N–H and O–H groups in total. The smallest absolute Gasteiger partial charge is 0.324 e. The van der Waals surface area contributed by atoms with Gasteiger partial charge in [-0.15, -0.1) is 0 Å². The number of piperazine rings is 2. The second-order valence-electron chi connectivity index (χ2n) is 16.7. The maximum absolute atomic E-state index is 12.8. The fourth-order valence-corrected chi connectivity index (χ4v) is 7.60. The standard InChI is InChI=1S/C24H35N5O3.C21H29N5O2.C3H6O.C2H6.CH4/c1-19(30)17-25(2)18-26(3)24(32)27(4)20-5-7-21(8-6-20)28-13-15-29(16-14-28)22-9-11-23(31)12-10-22;1-22-16-23(2)21(28)24(3)17-4-6-18(7-5-17)25-12-14-26(15-13-25)19-8-10-20(27)11-9-19;1-3-2-4-3;1-2;/h5-12,19,30-31H,13-18H2,1-4H3;4-11,22,27H,12-16H2,1-3H3;3H,2H2,1H3;1-2H3;1H4/i/hD2. The number of benzene rings is 4. The van der Waals surface area contributed by atoms with Crippen molar-refractivity contribution in [1.29, 1.82) is 2.86 Å². The van der Waals surface area contributed by atoms with Gasteiger partial charge in [0.2, 0.25) is 0 Å².